The SMILES string of the molecule is CC(C)C(c1ccncc1[N+](=O)[O-])C(C)Br. The normalized spacial score (nSPS) is 14.8. The zero-order chi connectivity index (χ0) is 12.3. The van der Waals surface area contributed by atoms with E-state index in [1.807, 2.05) is 6.92 Å². The van der Waals surface area contributed by atoms with Gasteiger partial charge in [-0.05, 0) is 12.0 Å². The lowest BCUT2D eigenvalue weighted by atomic mass is 9.86. The van der Waals surface area contributed by atoms with E-state index in [0.717, 1.165) is 5.56 Å². The molecule has 0 saturated carbocycles. The van der Waals surface area contributed by atoms with Crippen LogP contribution in [0.15, 0.2) is 18.5 Å². The summed E-state index contributed by atoms with van der Waals surface area (Å²) in [6, 6.07) is 1.74. The molecular formula is C11H15BrN2O2. The molecule has 2 unspecified atom stereocenters. The van der Waals surface area contributed by atoms with Crippen LogP contribution >= 0.6 is 15.9 Å². The van der Waals surface area contributed by atoms with Crippen molar-refractivity contribution in [2.45, 2.75) is 31.5 Å². The number of rotatable bonds is 4. The highest BCUT2D eigenvalue weighted by Crippen LogP contribution is 2.36. The predicted molar refractivity (Wildman–Crippen MR) is 66.9 cm³/mol. The Labute approximate surface area is 103 Å². The van der Waals surface area contributed by atoms with Gasteiger partial charge in [0.2, 0.25) is 0 Å². The number of halogens is 1. The van der Waals surface area contributed by atoms with Crippen molar-refractivity contribution in [3.05, 3.63) is 34.1 Å². The highest BCUT2D eigenvalue weighted by Gasteiger charge is 2.27. The van der Waals surface area contributed by atoms with Crippen molar-refractivity contribution < 1.29 is 4.92 Å². The third-order valence-corrected chi connectivity index (χ3v) is 3.17. The molecule has 0 aliphatic rings. The number of aromatic nitrogens is 1. The lowest BCUT2D eigenvalue weighted by Gasteiger charge is -2.23. The first-order valence-corrected chi connectivity index (χ1v) is 6.09. The van der Waals surface area contributed by atoms with Gasteiger partial charge in [0.05, 0.1) is 4.92 Å². The maximum atomic E-state index is 10.9. The molecule has 1 heterocycles. The number of nitro groups is 1. The zero-order valence-electron chi connectivity index (χ0n) is 9.55. The third kappa shape index (κ3) is 2.78. The van der Waals surface area contributed by atoms with Gasteiger partial charge in [-0.25, -0.2) is 0 Å². The van der Waals surface area contributed by atoms with Crippen LogP contribution in [0.5, 0.6) is 0 Å². The molecule has 88 valence electrons. The lowest BCUT2D eigenvalue weighted by molar-refractivity contribution is -0.386. The van der Waals surface area contributed by atoms with E-state index in [-0.39, 0.29) is 21.4 Å². The maximum Gasteiger partial charge on any atom is 0.291 e. The average Bonchev–Trinajstić information content (AvgIpc) is 2.17. The standard InChI is InChI=1S/C11H15BrN2O2/c1-7(2)11(8(3)12)9-4-5-13-6-10(9)14(15)16/h4-8,11H,1-3H3. The van der Waals surface area contributed by atoms with Gasteiger partial charge in [0.25, 0.3) is 5.69 Å². The molecule has 0 saturated heterocycles. The van der Waals surface area contributed by atoms with E-state index in [2.05, 4.69) is 34.8 Å². The van der Waals surface area contributed by atoms with Crippen LogP contribution in [-0.2, 0) is 0 Å². The Hall–Kier alpha value is -0.970. The van der Waals surface area contributed by atoms with Gasteiger partial charge in [-0.3, -0.25) is 15.1 Å². The predicted octanol–water partition coefficient (Wildman–Crippen LogP) is 3.51. The Morgan fingerprint density at radius 3 is 2.50 bits per heavy atom. The van der Waals surface area contributed by atoms with Crippen molar-refractivity contribution in [3.8, 4) is 0 Å². The fraction of sp³-hybridized carbons (Fsp3) is 0.545. The molecule has 0 fully saturated rings. The Morgan fingerprint density at radius 1 is 1.44 bits per heavy atom. The molecule has 0 amide bonds. The Morgan fingerprint density at radius 2 is 2.06 bits per heavy atom. The summed E-state index contributed by atoms with van der Waals surface area (Å²) >= 11 is 3.52. The topological polar surface area (TPSA) is 56.0 Å². The molecule has 2 atom stereocenters. The third-order valence-electron chi connectivity index (χ3n) is 2.60. The quantitative estimate of drug-likeness (QED) is 0.483. The summed E-state index contributed by atoms with van der Waals surface area (Å²) in [4.78, 5) is 14.6. The molecule has 0 radical (unpaired) electrons. The van der Waals surface area contributed by atoms with E-state index in [1.165, 1.54) is 6.20 Å². The van der Waals surface area contributed by atoms with Crippen molar-refractivity contribution in [2.75, 3.05) is 0 Å². The monoisotopic (exact) mass is 286 g/mol. The molecule has 4 nitrogen and oxygen atoms in total. The van der Waals surface area contributed by atoms with Crippen LogP contribution in [-0.4, -0.2) is 14.7 Å². The molecule has 0 aliphatic carbocycles. The lowest BCUT2D eigenvalue weighted by Crippen LogP contribution is -2.17. The van der Waals surface area contributed by atoms with Gasteiger partial charge >= 0.3 is 0 Å². The van der Waals surface area contributed by atoms with E-state index < -0.39 is 0 Å². The van der Waals surface area contributed by atoms with E-state index in [4.69, 9.17) is 0 Å². The largest absolute Gasteiger partial charge is 0.291 e. The minimum atomic E-state index is -0.368. The molecule has 1 aromatic rings. The molecule has 1 rings (SSSR count). The Kier molecular flexibility index (Phi) is 4.41. The number of pyridine rings is 1. The summed E-state index contributed by atoms with van der Waals surface area (Å²) in [5.74, 6) is 0.443. The summed E-state index contributed by atoms with van der Waals surface area (Å²) in [5, 5.41) is 10.9. The van der Waals surface area contributed by atoms with E-state index in [0.29, 0.717) is 5.92 Å². The van der Waals surface area contributed by atoms with Crippen molar-refractivity contribution in [1.82, 2.24) is 4.98 Å². The highest BCUT2D eigenvalue weighted by molar-refractivity contribution is 9.09. The minimum absolute atomic E-state index is 0.104. The van der Waals surface area contributed by atoms with E-state index >= 15 is 0 Å². The molecule has 1 aromatic heterocycles. The van der Waals surface area contributed by atoms with Crippen molar-refractivity contribution >= 4 is 21.6 Å². The summed E-state index contributed by atoms with van der Waals surface area (Å²) in [6.07, 6.45) is 2.92. The molecule has 5 heteroatoms. The fourth-order valence-corrected chi connectivity index (χ4v) is 2.86. The smallest absolute Gasteiger partial charge is 0.258 e. The van der Waals surface area contributed by atoms with Crippen LogP contribution in [0.4, 0.5) is 5.69 Å². The van der Waals surface area contributed by atoms with Gasteiger partial charge in [-0.15, -0.1) is 0 Å². The molecule has 0 aliphatic heterocycles. The first-order chi connectivity index (χ1) is 7.45. The summed E-state index contributed by atoms with van der Waals surface area (Å²) in [5.41, 5.74) is 0.854. The summed E-state index contributed by atoms with van der Waals surface area (Å²) in [7, 11) is 0. The molecule has 0 N–H and O–H groups in total. The van der Waals surface area contributed by atoms with Crippen LogP contribution in [0.2, 0.25) is 0 Å². The van der Waals surface area contributed by atoms with Gasteiger partial charge in [0.1, 0.15) is 6.20 Å². The Bertz CT molecular complexity index is 372. The second-order valence-electron chi connectivity index (χ2n) is 4.14. The van der Waals surface area contributed by atoms with Gasteiger partial charge in [-0.1, -0.05) is 36.7 Å². The van der Waals surface area contributed by atoms with Gasteiger partial charge in [0.15, 0.2) is 0 Å². The molecule has 16 heavy (non-hydrogen) atoms. The number of hydrogen-bond donors (Lipinski definition) is 0. The van der Waals surface area contributed by atoms with Gasteiger partial charge in [-0.2, -0.15) is 0 Å². The van der Waals surface area contributed by atoms with Crippen LogP contribution < -0.4 is 0 Å². The zero-order valence-corrected chi connectivity index (χ0v) is 11.1. The molecule has 0 spiro atoms. The first-order valence-electron chi connectivity index (χ1n) is 5.17. The molecular weight excluding hydrogens is 272 g/mol. The van der Waals surface area contributed by atoms with Crippen LogP contribution in [0.1, 0.15) is 32.3 Å². The van der Waals surface area contributed by atoms with Gasteiger partial charge in [0, 0.05) is 22.5 Å². The number of hydrogen-bond acceptors (Lipinski definition) is 3. The van der Waals surface area contributed by atoms with Crippen molar-refractivity contribution in [2.24, 2.45) is 5.92 Å². The summed E-state index contributed by atoms with van der Waals surface area (Å²) in [6.45, 7) is 6.13. The molecule has 0 bridgehead atoms. The van der Waals surface area contributed by atoms with Crippen LogP contribution in [0.3, 0.4) is 0 Å². The van der Waals surface area contributed by atoms with E-state index in [1.54, 1.807) is 12.3 Å². The number of nitrogens with zero attached hydrogens (tertiary/aromatic N) is 2. The average molecular weight is 287 g/mol. The molecule has 0 aromatic carbocycles. The minimum Gasteiger partial charge on any atom is -0.258 e. The number of alkyl halides is 1. The second-order valence-corrected chi connectivity index (χ2v) is 5.58. The van der Waals surface area contributed by atoms with E-state index in [9.17, 15) is 10.1 Å². The Balaban J connectivity index is 3.23. The fourth-order valence-electron chi connectivity index (χ4n) is 1.97. The van der Waals surface area contributed by atoms with Crippen molar-refractivity contribution in [1.29, 1.82) is 0 Å². The maximum absolute atomic E-state index is 10.9. The highest BCUT2D eigenvalue weighted by atomic mass is 79.9. The second kappa shape index (κ2) is 5.39. The van der Waals surface area contributed by atoms with Crippen molar-refractivity contribution in [3.63, 3.8) is 0 Å². The van der Waals surface area contributed by atoms with Crippen LogP contribution in [0.25, 0.3) is 0 Å². The van der Waals surface area contributed by atoms with Gasteiger partial charge < -0.3 is 0 Å². The summed E-state index contributed by atoms with van der Waals surface area (Å²) < 4.78 is 0. The van der Waals surface area contributed by atoms with Crippen LogP contribution in [0, 0.1) is 16.0 Å². The first kappa shape index (κ1) is 13.1.